The Morgan fingerprint density at radius 2 is 1.81 bits per heavy atom. The highest BCUT2D eigenvalue weighted by Crippen LogP contribution is 2.34. The molecule has 0 saturated heterocycles. The lowest BCUT2D eigenvalue weighted by molar-refractivity contribution is 0.174. The number of benzene rings is 1. The zero-order valence-electron chi connectivity index (χ0n) is 11.8. The molecule has 2 heterocycles. The minimum Gasteiger partial charge on any atom is -0.481 e. The zero-order chi connectivity index (χ0) is 14.7. The first kappa shape index (κ1) is 13.3. The van der Waals surface area contributed by atoms with Crippen LogP contribution in [0.3, 0.4) is 0 Å². The third-order valence-corrected chi connectivity index (χ3v) is 3.09. The van der Waals surface area contributed by atoms with Gasteiger partial charge in [0.25, 0.3) is 0 Å². The smallest absolute Gasteiger partial charge is 0.231 e. The van der Waals surface area contributed by atoms with Gasteiger partial charge in [-0.25, -0.2) is 9.97 Å². The minimum atomic E-state index is 0.257. The summed E-state index contributed by atoms with van der Waals surface area (Å²) in [6.45, 7) is 0.722. The van der Waals surface area contributed by atoms with Crippen molar-refractivity contribution in [2.75, 3.05) is 26.3 Å². The number of hydrogen-bond donors (Lipinski definition) is 1. The molecule has 0 saturated carbocycles. The maximum Gasteiger partial charge on any atom is 0.231 e. The molecule has 0 amide bonds. The van der Waals surface area contributed by atoms with Crippen molar-refractivity contribution < 1.29 is 18.9 Å². The fourth-order valence-electron chi connectivity index (χ4n) is 2.08. The summed E-state index contributed by atoms with van der Waals surface area (Å²) in [4.78, 5) is 8.16. The van der Waals surface area contributed by atoms with Crippen LogP contribution in [0.5, 0.6) is 23.3 Å². The average molecular weight is 289 g/mol. The molecule has 7 heteroatoms. The molecule has 1 N–H and O–H groups in total. The second-order valence-corrected chi connectivity index (χ2v) is 4.29. The summed E-state index contributed by atoms with van der Waals surface area (Å²) in [5.74, 6) is 2.44. The van der Waals surface area contributed by atoms with E-state index in [1.54, 1.807) is 14.2 Å². The zero-order valence-corrected chi connectivity index (χ0v) is 11.8. The Hall–Kier alpha value is -2.70. The van der Waals surface area contributed by atoms with E-state index in [1.165, 1.54) is 6.33 Å². The standard InChI is InChI=1S/C14H15N3O4/c1-18-13-10(14(19-2)17-7-16-13)6-15-9-3-4-11-12(5-9)21-8-20-11/h3-5,7,15H,6,8H2,1-2H3. The van der Waals surface area contributed by atoms with Gasteiger partial charge in [0, 0.05) is 11.8 Å². The summed E-state index contributed by atoms with van der Waals surface area (Å²) in [7, 11) is 3.12. The Morgan fingerprint density at radius 3 is 2.52 bits per heavy atom. The van der Waals surface area contributed by atoms with Crippen molar-refractivity contribution in [3.05, 3.63) is 30.1 Å². The number of aromatic nitrogens is 2. The second kappa shape index (κ2) is 5.74. The lowest BCUT2D eigenvalue weighted by atomic mass is 10.2. The van der Waals surface area contributed by atoms with Crippen molar-refractivity contribution in [3.63, 3.8) is 0 Å². The summed E-state index contributed by atoms with van der Waals surface area (Å²) in [5.41, 5.74) is 1.65. The summed E-state index contributed by atoms with van der Waals surface area (Å²) in [6.07, 6.45) is 1.40. The van der Waals surface area contributed by atoms with Crippen molar-refractivity contribution in [1.29, 1.82) is 0 Å². The fourth-order valence-corrected chi connectivity index (χ4v) is 2.08. The number of hydrogen-bond acceptors (Lipinski definition) is 7. The second-order valence-electron chi connectivity index (χ2n) is 4.29. The van der Waals surface area contributed by atoms with Crippen LogP contribution >= 0.6 is 0 Å². The number of nitrogens with zero attached hydrogens (tertiary/aromatic N) is 2. The Morgan fingerprint density at radius 1 is 1.10 bits per heavy atom. The number of nitrogens with one attached hydrogen (secondary N) is 1. The highest BCUT2D eigenvalue weighted by molar-refractivity contribution is 5.56. The molecule has 21 heavy (non-hydrogen) atoms. The molecule has 2 aromatic rings. The van der Waals surface area contributed by atoms with Gasteiger partial charge < -0.3 is 24.3 Å². The van der Waals surface area contributed by atoms with Crippen molar-refractivity contribution in [1.82, 2.24) is 9.97 Å². The topological polar surface area (TPSA) is 74.7 Å². The molecule has 0 radical (unpaired) electrons. The van der Waals surface area contributed by atoms with E-state index in [9.17, 15) is 0 Å². The number of rotatable bonds is 5. The van der Waals surface area contributed by atoms with Crippen molar-refractivity contribution in [2.24, 2.45) is 0 Å². The van der Waals surface area contributed by atoms with E-state index in [0.717, 1.165) is 22.7 Å². The molecule has 3 rings (SSSR count). The number of anilines is 1. The van der Waals surface area contributed by atoms with Crippen LogP contribution in [-0.4, -0.2) is 31.0 Å². The van der Waals surface area contributed by atoms with Gasteiger partial charge in [-0.15, -0.1) is 0 Å². The maximum absolute atomic E-state index is 5.34. The maximum atomic E-state index is 5.34. The molecule has 0 unspecified atom stereocenters. The van der Waals surface area contributed by atoms with E-state index in [-0.39, 0.29) is 6.79 Å². The predicted molar refractivity (Wildman–Crippen MR) is 75.0 cm³/mol. The van der Waals surface area contributed by atoms with Crippen LogP contribution in [-0.2, 0) is 6.54 Å². The van der Waals surface area contributed by atoms with E-state index in [2.05, 4.69) is 15.3 Å². The third-order valence-electron chi connectivity index (χ3n) is 3.09. The summed E-state index contributed by atoms with van der Waals surface area (Å²) in [5, 5.41) is 3.26. The van der Waals surface area contributed by atoms with Crippen LogP contribution in [0.25, 0.3) is 0 Å². The van der Waals surface area contributed by atoms with Crippen LogP contribution in [0, 0.1) is 0 Å². The van der Waals surface area contributed by atoms with E-state index in [1.807, 2.05) is 18.2 Å². The Kier molecular flexibility index (Phi) is 3.63. The largest absolute Gasteiger partial charge is 0.481 e. The molecular formula is C14H15N3O4. The van der Waals surface area contributed by atoms with Crippen molar-refractivity contribution in [2.45, 2.75) is 6.54 Å². The van der Waals surface area contributed by atoms with Crippen LogP contribution in [0.2, 0.25) is 0 Å². The molecule has 1 aromatic carbocycles. The lowest BCUT2D eigenvalue weighted by Crippen LogP contribution is -2.06. The van der Waals surface area contributed by atoms with Crippen LogP contribution in [0.4, 0.5) is 5.69 Å². The van der Waals surface area contributed by atoms with Gasteiger partial charge in [-0.05, 0) is 12.1 Å². The summed E-state index contributed by atoms with van der Waals surface area (Å²) < 4.78 is 21.1. The Labute approximate surface area is 121 Å². The molecule has 7 nitrogen and oxygen atoms in total. The lowest BCUT2D eigenvalue weighted by Gasteiger charge is -2.12. The normalized spacial score (nSPS) is 12.1. The highest BCUT2D eigenvalue weighted by atomic mass is 16.7. The summed E-state index contributed by atoms with van der Waals surface area (Å²) >= 11 is 0. The Balaban J connectivity index is 1.78. The third kappa shape index (κ3) is 2.62. The molecular weight excluding hydrogens is 274 g/mol. The molecule has 1 aliphatic rings. The Bertz CT molecular complexity index is 626. The van der Waals surface area contributed by atoms with Crippen LogP contribution in [0.1, 0.15) is 5.56 Å². The van der Waals surface area contributed by atoms with Gasteiger partial charge in [-0.1, -0.05) is 0 Å². The SMILES string of the molecule is COc1ncnc(OC)c1CNc1ccc2c(c1)OCO2. The first-order valence-corrected chi connectivity index (χ1v) is 6.37. The minimum absolute atomic E-state index is 0.257. The van der Waals surface area contributed by atoms with Crippen molar-refractivity contribution >= 4 is 5.69 Å². The van der Waals surface area contributed by atoms with E-state index in [0.29, 0.717) is 18.3 Å². The molecule has 110 valence electrons. The average Bonchev–Trinajstić information content (AvgIpc) is 3.00. The highest BCUT2D eigenvalue weighted by Gasteiger charge is 2.15. The van der Waals surface area contributed by atoms with Crippen LogP contribution in [0.15, 0.2) is 24.5 Å². The quantitative estimate of drug-likeness (QED) is 0.900. The molecule has 0 bridgehead atoms. The van der Waals surface area contributed by atoms with Gasteiger partial charge in [-0.3, -0.25) is 0 Å². The first-order chi connectivity index (χ1) is 10.3. The predicted octanol–water partition coefficient (Wildman–Crippen LogP) is 1.83. The molecule has 1 aliphatic heterocycles. The molecule has 0 aliphatic carbocycles. The van der Waals surface area contributed by atoms with Gasteiger partial charge in [0.2, 0.25) is 18.6 Å². The van der Waals surface area contributed by atoms with Gasteiger partial charge in [0.15, 0.2) is 11.5 Å². The van der Waals surface area contributed by atoms with E-state index in [4.69, 9.17) is 18.9 Å². The number of fused-ring (bicyclic) bond motifs is 1. The van der Waals surface area contributed by atoms with Crippen LogP contribution < -0.4 is 24.3 Å². The van der Waals surface area contributed by atoms with E-state index < -0.39 is 0 Å². The van der Waals surface area contributed by atoms with Crippen molar-refractivity contribution in [3.8, 4) is 23.3 Å². The van der Waals surface area contributed by atoms with E-state index >= 15 is 0 Å². The molecule has 0 spiro atoms. The number of methoxy groups -OCH3 is 2. The van der Waals surface area contributed by atoms with Gasteiger partial charge in [0.05, 0.1) is 26.3 Å². The van der Waals surface area contributed by atoms with Gasteiger partial charge in [0.1, 0.15) is 6.33 Å². The van der Waals surface area contributed by atoms with Gasteiger partial charge >= 0.3 is 0 Å². The molecule has 1 aromatic heterocycles. The van der Waals surface area contributed by atoms with Gasteiger partial charge in [-0.2, -0.15) is 0 Å². The summed E-state index contributed by atoms with van der Waals surface area (Å²) in [6, 6.07) is 5.65. The fraction of sp³-hybridized carbons (Fsp3) is 0.286. The number of ether oxygens (including phenoxy) is 4. The monoisotopic (exact) mass is 289 g/mol. The first-order valence-electron chi connectivity index (χ1n) is 6.37. The molecule has 0 atom stereocenters. The molecule has 0 fully saturated rings.